The zero-order valence-electron chi connectivity index (χ0n) is 11.1. The second kappa shape index (κ2) is 8.26. The van der Waals surface area contributed by atoms with Gasteiger partial charge in [0.25, 0.3) is 0 Å². The van der Waals surface area contributed by atoms with E-state index in [4.69, 9.17) is 5.11 Å². The number of benzene rings is 1. The van der Waals surface area contributed by atoms with Crippen molar-refractivity contribution in [3.8, 4) is 0 Å². The molecule has 0 aliphatic heterocycles. The molecule has 2 heteroatoms. The van der Waals surface area contributed by atoms with E-state index < -0.39 is 0 Å². The SMILES string of the molecule is CC(C)N(CCO)CCCCc1ccccc1. The maximum atomic E-state index is 8.98. The molecule has 1 rings (SSSR count). The number of aryl methyl sites for hydroxylation is 1. The van der Waals surface area contributed by atoms with Gasteiger partial charge in [0.15, 0.2) is 0 Å². The van der Waals surface area contributed by atoms with Crippen molar-refractivity contribution in [2.75, 3.05) is 19.7 Å². The molecule has 0 bridgehead atoms. The van der Waals surface area contributed by atoms with Crippen LogP contribution in [-0.4, -0.2) is 35.7 Å². The van der Waals surface area contributed by atoms with Gasteiger partial charge in [-0.2, -0.15) is 0 Å². The summed E-state index contributed by atoms with van der Waals surface area (Å²) in [4.78, 5) is 2.34. The van der Waals surface area contributed by atoms with E-state index in [1.807, 2.05) is 0 Å². The Kier molecular flexibility index (Phi) is 6.90. The van der Waals surface area contributed by atoms with Crippen LogP contribution in [0.3, 0.4) is 0 Å². The van der Waals surface area contributed by atoms with Gasteiger partial charge in [-0.3, -0.25) is 4.90 Å². The molecule has 0 fully saturated rings. The number of hydrogen-bond acceptors (Lipinski definition) is 2. The van der Waals surface area contributed by atoms with Crippen molar-refractivity contribution in [3.63, 3.8) is 0 Å². The van der Waals surface area contributed by atoms with E-state index in [-0.39, 0.29) is 6.61 Å². The summed E-state index contributed by atoms with van der Waals surface area (Å²) in [7, 11) is 0. The molecule has 17 heavy (non-hydrogen) atoms. The maximum Gasteiger partial charge on any atom is 0.0558 e. The number of unbranched alkanes of at least 4 members (excludes halogenated alkanes) is 1. The molecule has 0 saturated carbocycles. The minimum atomic E-state index is 0.261. The molecule has 0 spiro atoms. The summed E-state index contributed by atoms with van der Waals surface area (Å²) in [5.41, 5.74) is 1.42. The summed E-state index contributed by atoms with van der Waals surface area (Å²) in [6.45, 7) is 6.52. The first-order valence-electron chi connectivity index (χ1n) is 6.63. The Morgan fingerprint density at radius 3 is 2.35 bits per heavy atom. The third kappa shape index (κ3) is 5.85. The Labute approximate surface area is 105 Å². The lowest BCUT2D eigenvalue weighted by molar-refractivity contribution is 0.163. The topological polar surface area (TPSA) is 23.5 Å². The first-order chi connectivity index (χ1) is 8.24. The van der Waals surface area contributed by atoms with Crippen LogP contribution in [0.4, 0.5) is 0 Å². The molecule has 1 N–H and O–H groups in total. The second-order valence-corrected chi connectivity index (χ2v) is 4.80. The highest BCUT2D eigenvalue weighted by molar-refractivity contribution is 5.14. The van der Waals surface area contributed by atoms with Crippen molar-refractivity contribution in [1.82, 2.24) is 4.90 Å². The molecule has 0 aliphatic carbocycles. The van der Waals surface area contributed by atoms with Crippen LogP contribution >= 0.6 is 0 Å². The third-order valence-corrected chi connectivity index (χ3v) is 3.12. The van der Waals surface area contributed by atoms with Crippen LogP contribution in [0, 0.1) is 0 Å². The van der Waals surface area contributed by atoms with Gasteiger partial charge in [-0.1, -0.05) is 30.3 Å². The molecule has 0 amide bonds. The van der Waals surface area contributed by atoms with E-state index in [1.54, 1.807) is 0 Å². The summed E-state index contributed by atoms with van der Waals surface area (Å²) in [6.07, 6.45) is 3.58. The third-order valence-electron chi connectivity index (χ3n) is 3.12. The van der Waals surface area contributed by atoms with Gasteiger partial charge < -0.3 is 5.11 Å². The highest BCUT2D eigenvalue weighted by atomic mass is 16.3. The molecule has 96 valence electrons. The van der Waals surface area contributed by atoms with Crippen molar-refractivity contribution < 1.29 is 5.11 Å². The molecule has 0 saturated heterocycles. The van der Waals surface area contributed by atoms with E-state index >= 15 is 0 Å². The van der Waals surface area contributed by atoms with Crippen LogP contribution in [0.25, 0.3) is 0 Å². The minimum absolute atomic E-state index is 0.261. The lowest BCUT2D eigenvalue weighted by Crippen LogP contribution is -2.34. The number of aliphatic hydroxyl groups is 1. The number of rotatable bonds is 8. The Morgan fingerprint density at radius 2 is 1.76 bits per heavy atom. The van der Waals surface area contributed by atoms with Crippen molar-refractivity contribution in [2.24, 2.45) is 0 Å². The summed E-state index contributed by atoms with van der Waals surface area (Å²) >= 11 is 0. The molecule has 0 aliphatic rings. The summed E-state index contributed by atoms with van der Waals surface area (Å²) in [5, 5.41) is 8.98. The summed E-state index contributed by atoms with van der Waals surface area (Å²) in [5.74, 6) is 0. The molecule has 0 radical (unpaired) electrons. The average molecular weight is 235 g/mol. The van der Waals surface area contributed by atoms with Crippen molar-refractivity contribution in [3.05, 3.63) is 35.9 Å². The van der Waals surface area contributed by atoms with Gasteiger partial charge >= 0.3 is 0 Å². The van der Waals surface area contributed by atoms with E-state index in [9.17, 15) is 0 Å². The zero-order valence-corrected chi connectivity index (χ0v) is 11.1. The zero-order chi connectivity index (χ0) is 12.5. The monoisotopic (exact) mass is 235 g/mol. The molecule has 2 nitrogen and oxygen atoms in total. The highest BCUT2D eigenvalue weighted by Gasteiger charge is 2.07. The molecule has 0 aromatic heterocycles. The van der Waals surface area contributed by atoms with Crippen LogP contribution in [0.15, 0.2) is 30.3 Å². The van der Waals surface area contributed by atoms with Gasteiger partial charge in [0.2, 0.25) is 0 Å². The summed E-state index contributed by atoms with van der Waals surface area (Å²) in [6, 6.07) is 11.2. The second-order valence-electron chi connectivity index (χ2n) is 4.80. The van der Waals surface area contributed by atoms with Gasteiger partial charge in [0.1, 0.15) is 0 Å². The lowest BCUT2D eigenvalue weighted by atomic mass is 10.1. The van der Waals surface area contributed by atoms with Gasteiger partial charge in [-0.05, 0) is 45.2 Å². The Bertz CT molecular complexity index is 284. The smallest absolute Gasteiger partial charge is 0.0558 e. The van der Waals surface area contributed by atoms with Crippen molar-refractivity contribution in [1.29, 1.82) is 0 Å². The van der Waals surface area contributed by atoms with Crippen LogP contribution in [0.5, 0.6) is 0 Å². The van der Waals surface area contributed by atoms with Crippen LogP contribution in [-0.2, 0) is 6.42 Å². The predicted molar refractivity (Wildman–Crippen MR) is 73.2 cm³/mol. The fraction of sp³-hybridized carbons (Fsp3) is 0.600. The Morgan fingerprint density at radius 1 is 1.06 bits per heavy atom. The number of hydrogen-bond donors (Lipinski definition) is 1. The van der Waals surface area contributed by atoms with E-state index in [0.29, 0.717) is 6.04 Å². The molecule has 1 aromatic carbocycles. The Hall–Kier alpha value is -0.860. The summed E-state index contributed by atoms with van der Waals surface area (Å²) < 4.78 is 0. The van der Waals surface area contributed by atoms with Gasteiger partial charge in [0, 0.05) is 12.6 Å². The average Bonchev–Trinajstić information content (AvgIpc) is 2.34. The van der Waals surface area contributed by atoms with E-state index in [1.165, 1.54) is 18.4 Å². The highest BCUT2D eigenvalue weighted by Crippen LogP contribution is 2.06. The van der Waals surface area contributed by atoms with Crippen molar-refractivity contribution >= 4 is 0 Å². The largest absolute Gasteiger partial charge is 0.395 e. The van der Waals surface area contributed by atoms with Crippen LogP contribution in [0.2, 0.25) is 0 Å². The van der Waals surface area contributed by atoms with Gasteiger partial charge in [-0.15, -0.1) is 0 Å². The molecular formula is C15H25NO. The standard InChI is InChI=1S/C15H25NO/c1-14(2)16(12-13-17)11-7-6-10-15-8-4-3-5-9-15/h3-5,8-9,14,17H,6-7,10-13H2,1-2H3. The predicted octanol–water partition coefficient (Wildman–Crippen LogP) is 2.71. The Balaban J connectivity index is 2.18. The number of aliphatic hydroxyl groups excluding tert-OH is 1. The molecule has 0 atom stereocenters. The van der Waals surface area contributed by atoms with E-state index in [0.717, 1.165) is 19.5 Å². The van der Waals surface area contributed by atoms with Gasteiger partial charge in [0.05, 0.1) is 6.61 Å². The first-order valence-corrected chi connectivity index (χ1v) is 6.63. The molecule has 0 heterocycles. The maximum absolute atomic E-state index is 8.98. The fourth-order valence-electron chi connectivity index (χ4n) is 2.05. The van der Waals surface area contributed by atoms with Crippen LogP contribution < -0.4 is 0 Å². The first kappa shape index (κ1) is 14.2. The molecule has 0 unspecified atom stereocenters. The van der Waals surface area contributed by atoms with Crippen molar-refractivity contribution in [2.45, 2.75) is 39.2 Å². The van der Waals surface area contributed by atoms with Gasteiger partial charge in [-0.25, -0.2) is 0 Å². The quantitative estimate of drug-likeness (QED) is 0.700. The molecule has 1 aromatic rings. The van der Waals surface area contributed by atoms with E-state index in [2.05, 4.69) is 49.1 Å². The van der Waals surface area contributed by atoms with Crippen LogP contribution in [0.1, 0.15) is 32.3 Å². The minimum Gasteiger partial charge on any atom is -0.395 e. The lowest BCUT2D eigenvalue weighted by Gasteiger charge is -2.25. The fourth-order valence-corrected chi connectivity index (χ4v) is 2.05. The normalized spacial score (nSPS) is 11.4. The molecular weight excluding hydrogens is 210 g/mol. The number of nitrogens with zero attached hydrogens (tertiary/aromatic N) is 1.